The number of aryl methyl sites for hydroxylation is 1. The molecule has 3 heteroatoms. The zero-order chi connectivity index (χ0) is 11.4. The van der Waals surface area contributed by atoms with Gasteiger partial charge in [0.2, 0.25) is 0 Å². The maximum Gasteiger partial charge on any atom is 0.167 e. The fraction of sp³-hybridized carbons (Fsp3) is 0.385. The van der Waals surface area contributed by atoms with Gasteiger partial charge in [0.25, 0.3) is 0 Å². The van der Waals surface area contributed by atoms with Crippen LogP contribution in [0.4, 0.5) is 4.39 Å². The number of ether oxygens (including phenoxy) is 1. The van der Waals surface area contributed by atoms with Gasteiger partial charge in [0.05, 0.1) is 0 Å². The fourth-order valence-electron chi connectivity index (χ4n) is 1.70. The molecule has 1 heterocycles. The van der Waals surface area contributed by atoms with Crippen LogP contribution in [0, 0.1) is 12.7 Å². The Labute approximate surface area is 95.1 Å². The molecule has 86 valence electrons. The van der Waals surface area contributed by atoms with E-state index in [9.17, 15) is 4.39 Å². The first-order valence-corrected chi connectivity index (χ1v) is 5.54. The minimum absolute atomic E-state index is 0.253. The van der Waals surface area contributed by atoms with Crippen LogP contribution < -0.4 is 10.1 Å². The van der Waals surface area contributed by atoms with E-state index < -0.39 is 0 Å². The van der Waals surface area contributed by atoms with E-state index in [4.69, 9.17) is 4.74 Å². The Balaban J connectivity index is 1.99. The second-order valence-corrected chi connectivity index (χ2v) is 3.99. The molecule has 0 spiro atoms. The van der Waals surface area contributed by atoms with Crippen molar-refractivity contribution in [1.82, 2.24) is 5.32 Å². The van der Waals surface area contributed by atoms with Gasteiger partial charge < -0.3 is 10.1 Å². The van der Waals surface area contributed by atoms with Gasteiger partial charge in [-0.3, -0.25) is 0 Å². The third kappa shape index (κ3) is 2.61. The average molecular weight is 221 g/mol. The molecule has 0 saturated heterocycles. The Morgan fingerprint density at radius 1 is 1.44 bits per heavy atom. The van der Waals surface area contributed by atoms with Crippen LogP contribution in [0.15, 0.2) is 29.8 Å². The van der Waals surface area contributed by atoms with Crippen LogP contribution in [0.5, 0.6) is 5.75 Å². The van der Waals surface area contributed by atoms with Crippen molar-refractivity contribution >= 4 is 0 Å². The van der Waals surface area contributed by atoms with E-state index in [0.717, 1.165) is 19.5 Å². The quantitative estimate of drug-likeness (QED) is 0.791. The van der Waals surface area contributed by atoms with Crippen LogP contribution in [-0.4, -0.2) is 19.7 Å². The molecular weight excluding hydrogens is 205 g/mol. The Kier molecular flexibility index (Phi) is 3.57. The molecule has 16 heavy (non-hydrogen) atoms. The largest absolute Gasteiger partial charge is 0.486 e. The summed E-state index contributed by atoms with van der Waals surface area (Å²) in [7, 11) is 0. The molecule has 1 N–H and O–H groups in total. The summed E-state index contributed by atoms with van der Waals surface area (Å²) in [5, 5.41) is 3.23. The van der Waals surface area contributed by atoms with Crippen LogP contribution in [0.2, 0.25) is 0 Å². The molecule has 1 aliphatic heterocycles. The zero-order valence-corrected chi connectivity index (χ0v) is 9.42. The van der Waals surface area contributed by atoms with Crippen molar-refractivity contribution in [3.63, 3.8) is 0 Å². The minimum atomic E-state index is -0.253. The molecule has 2 nitrogen and oxygen atoms in total. The van der Waals surface area contributed by atoms with Crippen molar-refractivity contribution in [3.05, 3.63) is 41.2 Å². The summed E-state index contributed by atoms with van der Waals surface area (Å²) in [5.74, 6) is 0.0940. The van der Waals surface area contributed by atoms with Crippen LogP contribution in [0.25, 0.3) is 0 Å². The molecule has 0 bridgehead atoms. The number of rotatable bonds is 3. The number of benzene rings is 1. The summed E-state index contributed by atoms with van der Waals surface area (Å²) in [6.07, 6.45) is 3.09. The predicted octanol–water partition coefficient (Wildman–Crippen LogP) is 2.43. The Hall–Kier alpha value is -1.35. The Morgan fingerprint density at radius 3 is 3.06 bits per heavy atom. The van der Waals surface area contributed by atoms with Gasteiger partial charge in [-0.1, -0.05) is 18.2 Å². The van der Waals surface area contributed by atoms with Gasteiger partial charge in [0, 0.05) is 6.54 Å². The van der Waals surface area contributed by atoms with E-state index in [1.165, 1.54) is 5.57 Å². The van der Waals surface area contributed by atoms with Gasteiger partial charge in [-0.25, -0.2) is 4.39 Å². The summed E-state index contributed by atoms with van der Waals surface area (Å²) < 4.78 is 19.1. The minimum Gasteiger partial charge on any atom is -0.486 e. The summed E-state index contributed by atoms with van der Waals surface area (Å²) in [4.78, 5) is 0. The Morgan fingerprint density at radius 2 is 2.31 bits per heavy atom. The highest BCUT2D eigenvalue weighted by molar-refractivity contribution is 5.30. The molecule has 0 radical (unpaired) electrons. The zero-order valence-electron chi connectivity index (χ0n) is 9.42. The first-order valence-electron chi connectivity index (χ1n) is 5.54. The third-order valence-corrected chi connectivity index (χ3v) is 2.73. The van der Waals surface area contributed by atoms with E-state index in [1.807, 2.05) is 6.07 Å². The van der Waals surface area contributed by atoms with Crippen molar-refractivity contribution in [1.29, 1.82) is 0 Å². The van der Waals surface area contributed by atoms with E-state index in [1.54, 1.807) is 19.1 Å². The van der Waals surface area contributed by atoms with Crippen LogP contribution in [-0.2, 0) is 0 Å². The molecule has 0 unspecified atom stereocenters. The van der Waals surface area contributed by atoms with Gasteiger partial charge in [0.1, 0.15) is 6.61 Å². The summed E-state index contributed by atoms with van der Waals surface area (Å²) in [5.41, 5.74) is 1.86. The highest BCUT2D eigenvalue weighted by Gasteiger charge is 2.08. The maximum atomic E-state index is 13.6. The predicted molar refractivity (Wildman–Crippen MR) is 62.2 cm³/mol. The van der Waals surface area contributed by atoms with E-state index in [0.29, 0.717) is 17.9 Å². The average Bonchev–Trinajstić information content (AvgIpc) is 2.32. The van der Waals surface area contributed by atoms with Crippen molar-refractivity contribution < 1.29 is 9.13 Å². The maximum absolute atomic E-state index is 13.6. The molecule has 0 fully saturated rings. The molecule has 1 aliphatic rings. The normalized spacial score (nSPS) is 15.8. The summed E-state index contributed by atoms with van der Waals surface area (Å²) in [6, 6.07) is 5.22. The molecule has 1 aromatic carbocycles. The highest BCUT2D eigenvalue weighted by Crippen LogP contribution is 2.20. The molecule has 2 rings (SSSR count). The lowest BCUT2D eigenvalue weighted by molar-refractivity contribution is 0.325. The lowest BCUT2D eigenvalue weighted by Gasteiger charge is -2.15. The monoisotopic (exact) mass is 221 g/mol. The van der Waals surface area contributed by atoms with Gasteiger partial charge in [0.15, 0.2) is 11.6 Å². The van der Waals surface area contributed by atoms with Crippen LogP contribution in [0.3, 0.4) is 0 Å². The van der Waals surface area contributed by atoms with Crippen molar-refractivity contribution in [2.75, 3.05) is 19.7 Å². The van der Waals surface area contributed by atoms with Gasteiger partial charge >= 0.3 is 0 Å². The molecule has 0 saturated carbocycles. The van der Waals surface area contributed by atoms with Crippen molar-refractivity contribution in [2.24, 2.45) is 0 Å². The van der Waals surface area contributed by atoms with Crippen molar-refractivity contribution in [2.45, 2.75) is 13.3 Å². The molecule has 0 atom stereocenters. The van der Waals surface area contributed by atoms with Crippen molar-refractivity contribution in [3.8, 4) is 5.75 Å². The molecular formula is C13H16FNO. The summed E-state index contributed by atoms with van der Waals surface area (Å²) >= 11 is 0. The number of halogens is 1. The van der Waals surface area contributed by atoms with E-state index >= 15 is 0 Å². The smallest absolute Gasteiger partial charge is 0.167 e. The van der Waals surface area contributed by atoms with Gasteiger partial charge in [-0.15, -0.1) is 0 Å². The van der Waals surface area contributed by atoms with E-state index in [-0.39, 0.29) is 5.82 Å². The number of hydrogen-bond acceptors (Lipinski definition) is 2. The van der Waals surface area contributed by atoms with Gasteiger partial charge in [-0.2, -0.15) is 0 Å². The molecule has 0 amide bonds. The first-order chi connectivity index (χ1) is 7.77. The highest BCUT2D eigenvalue weighted by atomic mass is 19.1. The van der Waals surface area contributed by atoms with E-state index in [2.05, 4.69) is 11.4 Å². The SMILES string of the molecule is Cc1cccc(OCC2=CCNCC2)c1F. The second-order valence-electron chi connectivity index (χ2n) is 3.99. The fourth-order valence-corrected chi connectivity index (χ4v) is 1.70. The standard InChI is InChI=1S/C13H16FNO/c1-10-3-2-4-12(13(10)14)16-9-11-5-7-15-8-6-11/h2-5,15H,6-9H2,1H3. The summed E-state index contributed by atoms with van der Waals surface area (Å²) in [6.45, 7) is 4.09. The molecule has 1 aromatic rings. The molecule has 0 aromatic heterocycles. The van der Waals surface area contributed by atoms with Gasteiger partial charge in [-0.05, 0) is 37.1 Å². The number of hydrogen-bond donors (Lipinski definition) is 1. The topological polar surface area (TPSA) is 21.3 Å². The van der Waals surface area contributed by atoms with Crippen LogP contribution in [0.1, 0.15) is 12.0 Å². The lowest BCUT2D eigenvalue weighted by atomic mass is 10.1. The third-order valence-electron chi connectivity index (χ3n) is 2.73. The second kappa shape index (κ2) is 5.12. The first kappa shape index (κ1) is 11.1. The van der Waals surface area contributed by atoms with Crippen LogP contribution >= 0.6 is 0 Å². The number of nitrogens with one attached hydrogen (secondary N) is 1. The lowest BCUT2D eigenvalue weighted by Crippen LogP contribution is -2.22. The Bertz CT molecular complexity index is 401. The molecule has 0 aliphatic carbocycles.